The zero-order valence-electron chi connectivity index (χ0n) is 5.56. The van der Waals surface area contributed by atoms with Crippen LogP contribution in [-0.2, 0) is 0 Å². The van der Waals surface area contributed by atoms with E-state index in [1.54, 1.807) is 0 Å². The van der Waals surface area contributed by atoms with E-state index < -0.39 is 0 Å². The molecule has 1 heterocycles. The fraction of sp³-hybridized carbons (Fsp3) is 0.857. The van der Waals surface area contributed by atoms with E-state index in [-0.39, 0.29) is 0 Å². The van der Waals surface area contributed by atoms with E-state index >= 15 is 0 Å². The minimum absolute atomic E-state index is 1.19. The predicted molar refractivity (Wildman–Crippen MR) is 35.4 cm³/mol. The fourth-order valence-corrected chi connectivity index (χ4v) is 1.18. The smallest absolute Gasteiger partial charge is 0.0248 e. The first-order valence-corrected chi connectivity index (χ1v) is 3.51. The van der Waals surface area contributed by atoms with E-state index in [1.807, 2.05) is 0 Å². The third kappa shape index (κ3) is 1.48. The van der Waals surface area contributed by atoms with Gasteiger partial charge in [0.25, 0.3) is 0 Å². The van der Waals surface area contributed by atoms with Gasteiger partial charge in [-0.05, 0) is 32.4 Å². The van der Waals surface area contributed by atoms with E-state index in [9.17, 15) is 0 Å². The van der Waals surface area contributed by atoms with Crippen LogP contribution in [0.1, 0.15) is 26.2 Å². The molecule has 1 saturated heterocycles. The molecule has 0 aromatic carbocycles. The Morgan fingerprint density at radius 2 is 2.00 bits per heavy atom. The lowest BCUT2D eigenvalue weighted by atomic mass is 10.4. The van der Waals surface area contributed by atoms with Gasteiger partial charge in [0.1, 0.15) is 0 Å². The van der Waals surface area contributed by atoms with Gasteiger partial charge in [-0.25, -0.2) is 0 Å². The van der Waals surface area contributed by atoms with Gasteiger partial charge in [-0.1, -0.05) is 6.92 Å². The van der Waals surface area contributed by atoms with Crippen LogP contribution in [0, 0.1) is 6.54 Å². The predicted octanol–water partition coefficient (Wildman–Crippen LogP) is 1.65. The van der Waals surface area contributed by atoms with E-state index in [0.29, 0.717) is 0 Å². The van der Waals surface area contributed by atoms with E-state index in [4.69, 9.17) is 0 Å². The molecular formula is C7H14N. The first kappa shape index (κ1) is 6.09. The maximum Gasteiger partial charge on any atom is 0.0248 e. The van der Waals surface area contributed by atoms with E-state index in [2.05, 4.69) is 18.4 Å². The standard InChI is InChI=1S/C7H14N/c1-2-5-8-6-3-4-7-8/h5H,2-4,6-7H2,1H3. The molecule has 47 valence electrons. The molecule has 0 saturated carbocycles. The quantitative estimate of drug-likeness (QED) is 0.525. The fourth-order valence-electron chi connectivity index (χ4n) is 1.18. The average Bonchev–Trinajstić information content (AvgIpc) is 2.19. The lowest BCUT2D eigenvalue weighted by molar-refractivity contribution is 0.404. The van der Waals surface area contributed by atoms with Crippen LogP contribution in [0.3, 0.4) is 0 Å². The maximum atomic E-state index is 2.42. The summed E-state index contributed by atoms with van der Waals surface area (Å²) >= 11 is 0. The summed E-state index contributed by atoms with van der Waals surface area (Å²) in [6.45, 7) is 7.09. The van der Waals surface area contributed by atoms with Gasteiger partial charge >= 0.3 is 0 Å². The number of hydrogen-bond donors (Lipinski definition) is 0. The minimum Gasteiger partial charge on any atom is -0.299 e. The second-order valence-corrected chi connectivity index (χ2v) is 2.33. The highest BCUT2D eigenvalue weighted by Crippen LogP contribution is 2.09. The maximum absolute atomic E-state index is 2.42. The van der Waals surface area contributed by atoms with Crippen LogP contribution < -0.4 is 0 Å². The van der Waals surface area contributed by atoms with Crippen molar-refractivity contribution in [3.05, 3.63) is 6.54 Å². The lowest BCUT2D eigenvalue weighted by Gasteiger charge is -2.10. The van der Waals surface area contributed by atoms with Crippen molar-refractivity contribution in [3.8, 4) is 0 Å². The van der Waals surface area contributed by atoms with Crippen molar-refractivity contribution >= 4 is 0 Å². The Bertz CT molecular complexity index is 55.4. The molecule has 1 aliphatic heterocycles. The van der Waals surface area contributed by atoms with Crippen molar-refractivity contribution in [2.45, 2.75) is 26.2 Å². The van der Waals surface area contributed by atoms with Crippen LogP contribution >= 0.6 is 0 Å². The topological polar surface area (TPSA) is 3.24 Å². The summed E-state index contributed by atoms with van der Waals surface area (Å²) in [5.41, 5.74) is 0. The summed E-state index contributed by atoms with van der Waals surface area (Å²) in [6, 6.07) is 0. The van der Waals surface area contributed by atoms with Crippen molar-refractivity contribution in [3.63, 3.8) is 0 Å². The molecule has 0 spiro atoms. The molecule has 0 N–H and O–H groups in total. The zero-order valence-corrected chi connectivity index (χ0v) is 5.56. The van der Waals surface area contributed by atoms with Crippen molar-refractivity contribution in [1.82, 2.24) is 4.90 Å². The molecular weight excluding hydrogens is 98.1 g/mol. The van der Waals surface area contributed by atoms with Crippen LogP contribution in [0.4, 0.5) is 0 Å². The number of likely N-dealkylation sites (tertiary alicyclic amines) is 1. The molecule has 0 aromatic rings. The van der Waals surface area contributed by atoms with Gasteiger partial charge in [0.15, 0.2) is 0 Å². The Kier molecular flexibility index (Phi) is 2.34. The Labute approximate surface area is 51.7 Å². The Morgan fingerprint density at radius 1 is 1.38 bits per heavy atom. The van der Waals surface area contributed by atoms with Gasteiger partial charge in [0.05, 0.1) is 0 Å². The molecule has 0 bridgehead atoms. The van der Waals surface area contributed by atoms with Crippen LogP contribution in [0.5, 0.6) is 0 Å². The summed E-state index contributed by atoms with van der Waals surface area (Å²) in [7, 11) is 0. The number of nitrogens with zero attached hydrogens (tertiary/aromatic N) is 1. The Hall–Kier alpha value is -0.0400. The molecule has 1 fully saturated rings. The van der Waals surface area contributed by atoms with Crippen molar-refractivity contribution in [2.75, 3.05) is 13.1 Å². The van der Waals surface area contributed by atoms with Crippen LogP contribution in [0.25, 0.3) is 0 Å². The van der Waals surface area contributed by atoms with Gasteiger partial charge in [-0.3, -0.25) is 4.90 Å². The highest BCUT2D eigenvalue weighted by Gasteiger charge is 2.08. The molecule has 1 nitrogen and oxygen atoms in total. The first-order chi connectivity index (χ1) is 3.93. The van der Waals surface area contributed by atoms with Crippen LogP contribution in [0.15, 0.2) is 0 Å². The highest BCUT2D eigenvalue weighted by atomic mass is 15.1. The SMILES string of the molecule is CC[CH]N1CCCC1. The van der Waals surface area contributed by atoms with Crippen molar-refractivity contribution < 1.29 is 0 Å². The molecule has 0 amide bonds. The normalized spacial score (nSPS) is 22.1. The first-order valence-electron chi connectivity index (χ1n) is 3.51. The van der Waals surface area contributed by atoms with Gasteiger partial charge in [-0.15, -0.1) is 0 Å². The van der Waals surface area contributed by atoms with Crippen molar-refractivity contribution in [1.29, 1.82) is 0 Å². The third-order valence-corrected chi connectivity index (χ3v) is 1.58. The summed E-state index contributed by atoms with van der Waals surface area (Å²) in [5, 5.41) is 0. The molecule has 0 aromatic heterocycles. The summed E-state index contributed by atoms with van der Waals surface area (Å²) in [6.07, 6.45) is 3.99. The largest absolute Gasteiger partial charge is 0.299 e. The van der Waals surface area contributed by atoms with Gasteiger partial charge in [0, 0.05) is 6.54 Å². The summed E-state index contributed by atoms with van der Waals surface area (Å²) in [4.78, 5) is 2.42. The number of rotatable bonds is 2. The highest BCUT2D eigenvalue weighted by molar-refractivity contribution is 4.72. The van der Waals surface area contributed by atoms with Crippen molar-refractivity contribution in [2.24, 2.45) is 0 Å². The van der Waals surface area contributed by atoms with Gasteiger partial charge < -0.3 is 0 Å². The Morgan fingerprint density at radius 3 is 2.50 bits per heavy atom. The molecule has 8 heavy (non-hydrogen) atoms. The third-order valence-electron chi connectivity index (χ3n) is 1.58. The molecule has 0 atom stereocenters. The van der Waals surface area contributed by atoms with Gasteiger partial charge in [-0.2, -0.15) is 0 Å². The summed E-state index contributed by atoms with van der Waals surface area (Å²) in [5.74, 6) is 0. The molecule has 1 rings (SSSR count). The average molecular weight is 112 g/mol. The Balaban J connectivity index is 2.06. The lowest BCUT2D eigenvalue weighted by Crippen LogP contribution is -2.14. The second kappa shape index (κ2) is 3.08. The summed E-state index contributed by atoms with van der Waals surface area (Å²) < 4.78 is 0. The molecule has 1 heteroatoms. The molecule has 1 aliphatic rings. The molecule has 0 aliphatic carbocycles. The van der Waals surface area contributed by atoms with Crippen LogP contribution in [0.2, 0.25) is 0 Å². The number of hydrogen-bond acceptors (Lipinski definition) is 1. The molecule has 0 unspecified atom stereocenters. The van der Waals surface area contributed by atoms with E-state index in [1.165, 1.54) is 32.4 Å². The second-order valence-electron chi connectivity index (χ2n) is 2.33. The van der Waals surface area contributed by atoms with Gasteiger partial charge in [0.2, 0.25) is 0 Å². The monoisotopic (exact) mass is 112 g/mol. The molecule has 1 radical (unpaired) electrons. The zero-order chi connectivity index (χ0) is 5.82. The van der Waals surface area contributed by atoms with Crippen LogP contribution in [-0.4, -0.2) is 18.0 Å². The van der Waals surface area contributed by atoms with E-state index in [0.717, 1.165) is 0 Å². The minimum atomic E-state index is 1.19.